The predicted octanol–water partition coefficient (Wildman–Crippen LogP) is 0.634. The van der Waals surface area contributed by atoms with Crippen LogP contribution in [0.15, 0.2) is 34.4 Å². The summed E-state index contributed by atoms with van der Waals surface area (Å²) in [6, 6.07) is 0. The number of ether oxygens (including phenoxy) is 4. The van der Waals surface area contributed by atoms with E-state index in [9.17, 15) is 60.7 Å². The summed E-state index contributed by atoms with van der Waals surface area (Å²) in [6.45, 7) is 10.9. The topological polar surface area (TPSA) is 273 Å². The molecule has 58 heavy (non-hydrogen) atoms. The van der Waals surface area contributed by atoms with Gasteiger partial charge in [0, 0.05) is 18.4 Å². The minimum atomic E-state index is -1.64. The third-order valence-electron chi connectivity index (χ3n) is 12.6. The molecule has 2 heterocycles. The van der Waals surface area contributed by atoms with E-state index in [0.717, 1.165) is 23.0 Å². The molecule has 16 nitrogen and oxygen atoms in total. The number of Topliss-reactive ketones (excluding diaryl/α,β-unsaturated/α-hetero) is 1. The molecule has 1 aliphatic carbocycles. The first-order chi connectivity index (χ1) is 27.0. The van der Waals surface area contributed by atoms with Gasteiger partial charge in [0.05, 0.1) is 24.9 Å². The molecule has 2 saturated heterocycles. The van der Waals surface area contributed by atoms with Crippen molar-refractivity contribution in [2.75, 3.05) is 19.8 Å². The van der Waals surface area contributed by atoms with Crippen LogP contribution in [0.1, 0.15) is 106 Å². The van der Waals surface area contributed by atoms with Crippen LogP contribution in [0.25, 0.3) is 0 Å². The fourth-order valence-electron chi connectivity index (χ4n) is 8.22. The number of aliphatic hydroxyl groups is 10. The quantitative estimate of drug-likeness (QED) is 0.0349. The standard InChI is InChI=1S/C42H70O16/c1-23(13-15-31(46)40(4,5)53)12-14-28(56-39-37(52)35(50)33(48)30(22-45)58-39)24(2)10-8-17-41(6)27(26(25(3)20-43)16-18-42(41,7)54)11-9-19-55-38-36(51)34(49)32(47)29(21-44)57-38/h10,12,20,27-30,32-39,44-45,47-54H,8-9,11,13-19,21-22H2,1-7H3/b23-12+,24-10+,26-25+/t27-,28-,29-,30-,32-,33-,34+,35+,36-,37-,38-,39-,41+,42+/m1/s1. The van der Waals surface area contributed by atoms with Gasteiger partial charge in [0.25, 0.3) is 0 Å². The van der Waals surface area contributed by atoms with Gasteiger partial charge in [-0.1, -0.05) is 30.2 Å². The molecule has 3 aliphatic rings. The summed E-state index contributed by atoms with van der Waals surface area (Å²) >= 11 is 0. The highest BCUT2D eigenvalue weighted by molar-refractivity contribution is 5.86. The minimum absolute atomic E-state index is 0.0691. The second-order valence-corrected chi connectivity index (χ2v) is 17.4. The smallest absolute Gasteiger partial charge is 0.187 e. The average Bonchev–Trinajstić information content (AvgIpc) is 3.17. The first kappa shape index (κ1) is 50.4. The van der Waals surface area contributed by atoms with Crippen molar-refractivity contribution in [2.45, 2.75) is 185 Å². The maximum atomic E-state index is 12.3. The molecule has 14 atom stereocenters. The summed E-state index contributed by atoms with van der Waals surface area (Å²) in [5.41, 5.74) is -0.313. The molecule has 10 N–H and O–H groups in total. The van der Waals surface area contributed by atoms with Gasteiger partial charge < -0.3 is 70.0 Å². The normalized spacial score (nSPS) is 38.1. The van der Waals surface area contributed by atoms with E-state index < -0.39 is 97.3 Å². The molecule has 16 heteroatoms. The fourth-order valence-corrected chi connectivity index (χ4v) is 8.22. The van der Waals surface area contributed by atoms with E-state index in [2.05, 4.69) is 0 Å². The number of ketones is 1. The molecule has 0 spiro atoms. The maximum absolute atomic E-state index is 12.3. The molecular weight excluding hydrogens is 760 g/mol. The molecule has 3 rings (SSSR count). The second kappa shape index (κ2) is 21.7. The molecule has 1 saturated carbocycles. The molecule has 0 aromatic rings. The van der Waals surface area contributed by atoms with Crippen molar-refractivity contribution in [1.29, 1.82) is 0 Å². The lowest BCUT2D eigenvalue weighted by Crippen LogP contribution is -2.59. The van der Waals surface area contributed by atoms with Gasteiger partial charge >= 0.3 is 0 Å². The second-order valence-electron chi connectivity index (χ2n) is 17.4. The van der Waals surface area contributed by atoms with Crippen molar-refractivity contribution in [3.05, 3.63) is 34.4 Å². The highest BCUT2D eigenvalue weighted by Gasteiger charge is 2.52. The number of rotatable bonds is 20. The summed E-state index contributed by atoms with van der Waals surface area (Å²) in [5, 5.41) is 104. The highest BCUT2D eigenvalue weighted by atomic mass is 16.7. The lowest BCUT2D eigenvalue weighted by atomic mass is 9.54. The Kier molecular flexibility index (Phi) is 18.8. The van der Waals surface area contributed by atoms with Crippen molar-refractivity contribution in [3.8, 4) is 0 Å². The van der Waals surface area contributed by atoms with E-state index in [0.29, 0.717) is 50.5 Å². The zero-order valence-electron chi connectivity index (χ0n) is 35.1. The van der Waals surface area contributed by atoms with E-state index >= 15 is 0 Å². The molecule has 0 radical (unpaired) electrons. The monoisotopic (exact) mass is 830 g/mol. The first-order valence-corrected chi connectivity index (χ1v) is 20.4. The molecular formula is C42H70O16. The molecule has 0 bridgehead atoms. The Bertz CT molecular complexity index is 1430. The Balaban J connectivity index is 1.84. The SMILES string of the molecule is C/C(=C\C[C@@H](O[C@@H]1O[C@H](CO)[C@@H](O)[C@H](O)[C@H]1O)/C(C)=C/CC[C@@]1(C)[C@H](CCCO[C@@H]2O[C@H](CO)[C@@H](O)[C@H](O)[C@H]2O)/C(=C(\C)C=O)CC[C@]1(C)O)CCC(=O)C(C)(C)O. The van der Waals surface area contributed by atoms with Crippen molar-refractivity contribution >= 4 is 12.1 Å². The van der Waals surface area contributed by atoms with Gasteiger partial charge in [0.2, 0.25) is 0 Å². The van der Waals surface area contributed by atoms with Gasteiger partial charge in [-0.25, -0.2) is 0 Å². The number of aliphatic hydroxyl groups excluding tert-OH is 8. The molecule has 0 aromatic carbocycles. The molecule has 0 amide bonds. The third-order valence-corrected chi connectivity index (χ3v) is 12.6. The Labute approximate surface area is 341 Å². The van der Waals surface area contributed by atoms with Gasteiger partial charge in [-0.2, -0.15) is 0 Å². The van der Waals surface area contributed by atoms with Gasteiger partial charge in [-0.05, 0) is 110 Å². The Morgan fingerprint density at radius 3 is 2.00 bits per heavy atom. The maximum Gasteiger partial charge on any atom is 0.187 e. The van der Waals surface area contributed by atoms with Crippen molar-refractivity contribution in [3.63, 3.8) is 0 Å². The van der Waals surface area contributed by atoms with Crippen LogP contribution < -0.4 is 0 Å². The number of allylic oxidation sites excluding steroid dienone is 4. The average molecular weight is 831 g/mol. The minimum Gasteiger partial charge on any atom is -0.394 e. The number of carbonyl (C=O) groups excluding carboxylic acids is 2. The highest BCUT2D eigenvalue weighted by Crippen LogP contribution is 2.55. The number of hydrogen-bond donors (Lipinski definition) is 10. The molecule has 0 aromatic heterocycles. The Morgan fingerprint density at radius 2 is 1.45 bits per heavy atom. The van der Waals surface area contributed by atoms with E-state index in [4.69, 9.17) is 18.9 Å². The summed E-state index contributed by atoms with van der Waals surface area (Å²) in [5.74, 6) is -0.578. The summed E-state index contributed by atoms with van der Waals surface area (Å²) < 4.78 is 23.1. The largest absolute Gasteiger partial charge is 0.394 e. The van der Waals surface area contributed by atoms with Crippen molar-refractivity contribution < 1.29 is 79.6 Å². The zero-order chi connectivity index (χ0) is 43.7. The molecule has 3 fully saturated rings. The van der Waals surface area contributed by atoms with Crippen LogP contribution in [0.3, 0.4) is 0 Å². The molecule has 0 unspecified atom stereocenters. The number of aldehydes is 1. The lowest BCUT2D eigenvalue weighted by Gasteiger charge is -2.53. The number of carbonyl (C=O) groups is 2. The van der Waals surface area contributed by atoms with Gasteiger partial charge in [-0.3, -0.25) is 9.59 Å². The first-order valence-electron chi connectivity index (χ1n) is 20.4. The van der Waals surface area contributed by atoms with Crippen LogP contribution in [0.4, 0.5) is 0 Å². The van der Waals surface area contributed by atoms with Crippen LogP contribution in [-0.4, -0.2) is 162 Å². The Morgan fingerprint density at radius 1 is 0.879 bits per heavy atom. The lowest BCUT2D eigenvalue weighted by molar-refractivity contribution is -0.308. The molecule has 334 valence electrons. The van der Waals surface area contributed by atoms with Crippen molar-refractivity contribution in [1.82, 2.24) is 0 Å². The summed E-state index contributed by atoms with van der Waals surface area (Å²) in [6.07, 6.45) is -7.07. The number of hydrogen-bond acceptors (Lipinski definition) is 16. The van der Waals surface area contributed by atoms with E-state index in [1.54, 1.807) is 13.8 Å². The summed E-state index contributed by atoms with van der Waals surface area (Å²) in [7, 11) is 0. The van der Waals surface area contributed by atoms with Crippen LogP contribution in [0.2, 0.25) is 0 Å². The van der Waals surface area contributed by atoms with Crippen LogP contribution in [-0.2, 0) is 28.5 Å². The van der Waals surface area contributed by atoms with Gasteiger partial charge in [0.1, 0.15) is 60.7 Å². The van der Waals surface area contributed by atoms with Crippen LogP contribution >= 0.6 is 0 Å². The van der Waals surface area contributed by atoms with Crippen LogP contribution in [0, 0.1) is 11.3 Å². The predicted molar refractivity (Wildman–Crippen MR) is 210 cm³/mol. The zero-order valence-corrected chi connectivity index (χ0v) is 35.1. The summed E-state index contributed by atoms with van der Waals surface area (Å²) in [4.78, 5) is 24.4. The van der Waals surface area contributed by atoms with Crippen molar-refractivity contribution in [2.24, 2.45) is 11.3 Å². The van der Waals surface area contributed by atoms with E-state index in [1.165, 1.54) is 13.8 Å². The van der Waals surface area contributed by atoms with Crippen LogP contribution in [0.5, 0.6) is 0 Å². The van der Waals surface area contributed by atoms with Gasteiger partial charge in [-0.15, -0.1) is 0 Å². The van der Waals surface area contributed by atoms with Gasteiger partial charge in [0.15, 0.2) is 18.4 Å². The van der Waals surface area contributed by atoms with E-state index in [-0.39, 0.29) is 31.1 Å². The Hall–Kier alpha value is -2.00. The third kappa shape index (κ3) is 12.3. The van der Waals surface area contributed by atoms with E-state index in [1.807, 2.05) is 32.9 Å². The fraction of sp³-hybridized carbons (Fsp3) is 0.810. The molecule has 2 aliphatic heterocycles.